The Hall–Kier alpha value is -0.530. The molecule has 0 spiro atoms. The second kappa shape index (κ2) is 7.36. The van der Waals surface area contributed by atoms with Gasteiger partial charge in [-0.2, -0.15) is 0 Å². The van der Waals surface area contributed by atoms with Gasteiger partial charge in [0.05, 0.1) is 0 Å². The lowest BCUT2D eigenvalue weighted by molar-refractivity contribution is -0.121. The first-order chi connectivity index (χ1) is 9.40. The van der Waals surface area contributed by atoms with Crippen molar-refractivity contribution in [3.8, 4) is 0 Å². The molecule has 1 aliphatic rings. The van der Waals surface area contributed by atoms with Crippen molar-refractivity contribution >= 4 is 35.8 Å². The summed E-state index contributed by atoms with van der Waals surface area (Å²) in [5, 5.41) is 6.23. The van der Waals surface area contributed by atoms with E-state index in [1.807, 2.05) is 27.7 Å². The van der Waals surface area contributed by atoms with Crippen LogP contribution < -0.4 is 10.6 Å². The molecule has 0 aromatic carbocycles. The van der Waals surface area contributed by atoms with Crippen LogP contribution in [0, 0.1) is 5.41 Å². The number of rotatable bonds is 3. The Bertz CT molecular complexity index is 424. The molecule has 22 heavy (non-hydrogen) atoms. The van der Waals surface area contributed by atoms with Crippen molar-refractivity contribution in [3.63, 3.8) is 0 Å². The van der Waals surface area contributed by atoms with Gasteiger partial charge in [-0.3, -0.25) is 4.79 Å². The third-order valence-electron chi connectivity index (χ3n) is 4.36. The maximum atomic E-state index is 11.9. The van der Waals surface area contributed by atoms with Gasteiger partial charge in [0, 0.05) is 29.6 Å². The highest BCUT2D eigenvalue weighted by Gasteiger charge is 2.53. The van der Waals surface area contributed by atoms with Gasteiger partial charge in [-0.15, -0.1) is 24.0 Å². The maximum absolute atomic E-state index is 11.9. The molecule has 1 amide bonds. The van der Waals surface area contributed by atoms with Crippen molar-refractivity contribution in [2.45, 2.75) is 66.5 Å². The molecule has 2 N–H and O–H groups in total. The molecule has 0 saturated carbocycles. The van der Waals surface area contributed by atoms with E-state index in [4.69, 9.17) is 0 Å². The largest absolute Gasteiger partial charge is 0.356 e. The summed E-state index contributed by atoms with van der Waals surface area (Å²) in [6, 6.07) is 0. The van der Waals surface area contributed by atoms with E-state index in [-0.39, 0.29) is 52.9 Å². The number of aliphatic imine (C=N–C) groups is 1. The third kappa shape index (κ3) is 4.99. The molecule has 0 unspecified atom stereocenters. The second-order valence-corrected chi connectivity index (χ2v) is 8.00. The zero-order valence-corrected chi connectivity index (χ0v) is 17.7. The van der Waals surface area contributed by atoms with Gasteiger partial charge in [0.15, 0.2) is 5.96 Å². The van der Waals surface area contributed by atoms with Crippen LogP contribution in [0.2, 0.25) is 0 Å². The zero-order chi connectivity index (χ0) is 16.5. The fourth-order valence-electron chi connectivity index (χ4n) is 2.40. The third-order valence-corrected chi connectivity index (χ3v) is 4.36. The van der Waals surface area contributed by atoms with Gasteiger partial charge < -0.3 is 15.5 Å². The van der Waals surface area contributed by atoms with E-state index in [0.29, 0.717) is 0 Å². The molecule has 0 radical (unpaired) electrons. The van der Waals surface area contributed by atoms with E-state index in [2.05, 4.69) is 48.2 Å². The van der Waals surface area contributed by atoms with Crippen LogP contribution in [0.3, 0.4) is 0 Å². The molecule has 0 atom stereocenters. The maximum Gasteiger partial charge on any atom is 0.242 e. The lowest BCUT2D eigenvalue weighted by atomic mass is 9.65. The molecule has 0 bridgehead atoms. The number of hydrogen-bond acceptors (Lipinski definition) is 2. The summed E-state index contributed by atoms with van der Waals surface area (Å²) < 4.78 is 0. The number of likely N-dealkylation sites (tertiary alicyclic amines) is 1. The van der Waals surface area contributed by atoms with Gasteiger partial charge in [-0.1, -0.05) is 13.8 Å². The molecular weight excluding hydrogens is 391 g/mol. The first kappa shape index (κ1) is 21.5. The van der Waals surface area contributed by atoms with Crippen LogP contribution in [-0.2, 0) is 4.79 Å². The average Bonchev–Trinajstić information content (AvgIpc) is 2.29. The van der Waals surface area contributed by atoms with E-state index in [1.165, 1.54) is 0 Å². The first-order valence-corrected chi connectivity index (χ1v) is 7.78. The van der Waals surface area contributed by atoms with Gasteiger partial charge in [-0.05, 0) is 41.5 Å². The van der Waals surface area contributed by atoms with E-state index in [9.17, 15) is 4.79 Å². The zero-order valence-electron chi connectivity index (χ0n) is 15.3. The Labute approximate surface area is 152 Å². The Morgan fingerprint density at radius 3 is 2.14 bits per heavy atom. The van der Waals surface area contributed by atoms with Crippen LogP contribution in [0.25, 0.3) is 0 Å². The van der Waals surface area contributed by atoms with Gasteiger partial charge in [0.25, 0.3) is 0 Å². The van der Waals surface area contributed by atoms with Crippen molar-refractivity contribution in [2.24, 2.45) is 10.4 Å². The number of nitrogens with zero attached hydrogens (tertiary/aromatic N) is 2. The van der Waals surface area contributed by atoms with Gasteiger partial charge in [0.1, 0.15) is 6.54 Å². The van der Waals surface area contributed by atoms with Gasteiger partial charge in [-0.25, -0.2) is 4.99 Å². The molecule has 1 saturated heterocycles. The number of carbonyl (C=O) groups excluding carboxylic acids is 1. The highest BCUT2D eigenvalue weighted by Crippen LogP contribution is 2.46. The minimum atomic E-state index is -0.219. The summed E-state index contributed by atoms with van der Waals surface area (Å²) in [6.45, 7) is 18.8. The van der Waals surface area contributed by atoms with E-state index >= 15 is 0 Å². The predicted octanol–water partition coefficient (Wildman–Crippen LogP) is 2.61. The molecule has 0 aromatic heterocycles. The standard InChI is InChI=1S/C16H32N4O.HI/c1-9-17-13(18-10-12(21)19-14(2,3)4)20-11-15(5,6)16(20,7)8;/h9-11H2,1-8H3,(H,17,18)(H,19,21);1H. The molecule has 0 aliphatic carbocycles. The second-order valence-electron chi connectivity index (χ2n) is 8.00. The van der Waals surface area contributed by atoms with Crippen LogP contribution >= 0.6 is 24.0 Å². The monoisotopic (exact) mass is 424 g/mol. The van der Waals surface area contributed by atoms with Crippen LogP contribution in [0.1, 0.15) is 55.4 Å². The van der Waals surface area contributed by atoms with Crippen LogP contribution in [0.4, 0.5) is 0 Å². The Kier molecular flexibility index (Phi) is 7.18. The fraction of sp³-hybridized carbons (Fsp3) is 0.875. The van der Waals surface area contributed by atoms with Crippen molar-refractivity contribution in [1.82, 2.24) is 15.5 Å². The minimum Gasteiger partial charge on any atom is -0.356 e. The number of hydrogen-bond donors (Lipinski definition) is 2. The molecule has 5 nitrogen and oxygen atoms in total. The summed E-state index contributed by atoms with van der Waals surface area (Å²) in [5.74, 6) is 0.779. The summed E-state index contributed by atoms with van der Waals surface area (Å²) in [5.41, 5.74) is 0.0638. The van der Waals surface area contributed by atoms with Gasteiger partial charge in [0.2, 0.25) is 5.91 Å². The summed E-state index contributed by atoms with van der Waals surface area (Å²) in [4.78, 5) is 18.7. The SMILES string of the molecule is CCNC(=NCC(=O)NC(C)(C)C)N1CC(C)(C)C1(C)C.I. The van der Waals surface area contributed by atoms with E-state index in [1.54, 1.807) is 0 Å². The lowest BCUT2D eigenvalue weighted by Gasteiger charge is -2.62. The molecule has 6 heteroatoms. The van der Waals surface area contributed by atoms with Crippen molar-refractivity contribution < 1.29 is 4.79 Å². The molecule has 1 rings (SSSR count). The number of amides is 1. The summed E-state index contributed by atoms with van der Waals surface area (Å²) in [6.07, 6.45) is 0. The van der Waals surface area contributed by atoms with Crippen molar-refractivity contribution in [3.05, 3.63) is 0 Å². The molecule has 1 heterocycles. The van der Waals surface area contributed by atoms with Crippen LogP contribution in [0.15, 0.2) is 4.99 Å². The Morgan fingerprint density at radius 2 is 1.77 bits per heavy atom. The highest BCUT2D eigenvalue weighted by atomic mass is 127. The molecule has 130 valence electrons. The quantitative estimate of drug-likeness (QED) is 0.416. The normalized spacial score (nSPS) is 19.8. The summed E-state index contributed by atoms with van der Waals surface area (Å²) in [7, 11) is 0. The highest BCUT2D eigenvalue weighted by molar-refractivity contribution is 14.0. The number of carbonyl (C=O) groups is 1. The lowest BCUT2D eigenvalue weighted by Crippen LogP contribution is -2.72. The predicted molar refractivity (Wildman–Crippen MR) is 104 cm³/mol. The summed E-state index contributed by atoms with van der Waals surface area (Å²) >= 11 is 0. The number of nitrogens with one attached hydrogen (secondary N) is 2. The van der Waals surface area contributed by atoms with E-state index < -0.39 is 0 Å². The molecule has 1 aliphatic heterocycles. The first-order valence-electron chi connectivity index (χ1n) is 7.78. The minimum absolute atomic E-state index is 0. The topological polar surface area (TPSA) is 56.7 Å². The van der Waals surface area contributed by atoms with Crippen molar-refractivity contribution in [2.75, 3.05) is 19.6 Å². The van der Waals surface area contributed by atoms with Crippen LogP contribution in [0.5, 0.6) is 0 Å². The van der Waals surface area contributed by atoms with Crippen molar-refractivity contribution in [1.29, 1.82) is 0 Å². The number of guanidine groups is 1. The smallest absolute Gasteiger partial charge is 0.242 e. The molecular formula is C16H33IN4O. The molecule has 1 fully saturated rings. The van der Waals surface area contributed by atoms with E-state index in [0.717, 1.165) is 19.0 Å². The Balaban J connectivity index is 0.00000441. The molecule has 0 aromatic rings. The Morgan fingerprint density at radius 1 is 1.23 bits per heavy atom. The fourth-order valence-corrected chi connectivity index (χ4v) is 2.40. The van der Waals surface area contributed by atoms with Gasteiger partial charge >= 0.3 is 0 Å². The van der Waals surface area contributed by atoms with Crippen LogP contribution in [-0.4, -0.2) is 47.5 Å². The average molecular weight is 424 g/mol. The number of halogens is 1.